The molecule has 0 spiro atoms. The van der Waals surface area contributed by atoms with Crippen molar-refractivity contribution in [2.24, 2.45) is 0 Å². The van der Waals surface area contributed by atoms with Crippen LogP contribution < -0.4 is 5.32 Å². The molecule has 0 amide bonds. The highest BCUT2D eigenvalue weighted by Crippen LogP contribution is 2.20. The van der Waals surface area contributed by atoms with E-state index < -0.39 is 6.10 Å². The molecule has 0 bridgehead atoms. The van der Waals surface area contributed by atoms with Crippen molar-refractivity contribution in [3.63, 3.8) is 0 Å². The molecule has 0 aliphatic heterocycles. The molecule has 1 heterocycles. The number of hydrogen-bond acceptors (Lipinski definition) is 3. The second-order valence-electron chi connectivity index (χ2n) is 5.29. The number of rotatable bonds is 5. The molecule has 106 valence electrons. The fourth-order valence-electron chi connectivity index (χ4n) is 2.33. The third-order valence-corrected chi connectivity index (χ3v) is 3.61. The first-order chi connectivity index (χ1) is 9.58. The van der Waals surface area contributed by atoms with Gasteiger partial charge in [-0.15, -0.1) is 0 Å². The maximum atomic E-state index is 10.1. The molecule has 1 aromatic carbocycles. The molecule has 2 rings (SSSR count). The Hall–Kier alpha value is -1.71. The van der Waals surface area contributed by atoms with Crippen molar-refractivity contribution in [3.05, 3.63) is 65.0 Å². The zero-order chi connectivity index (χ0) is 14.5. The SMILES string of the molecule is Cc1ccc(C)c(C(C)NCC(O)c2ccncc2)c1. The van der Waals surface area contributed by atoms with Gasteiger partial charge in [-0.2, -0.15) is 0 Å². The van der Waals surface area contributed by atoms with E-state index >= 15 is 0 Å². The smallest absolute Gasteiger partial charge is 0.0915 e. The molecule has 2 N–H and O–H groups in total. The summed E-state index contributed by atoms with van der Waals surface area (Å²) in [6.07, 6.45) is 2.89. The van der Waals surface area contributed by atoms with Crippen LogP contribution in [0, 0.1) is 13.8 Å². The van der Waals surface area contributed by atoms with Gasteiger partial charge < -0.3 is 10.4 Å². The summed E-state index contributed by atoms with van der Waals surface area (Å²) >= 11 is 0. The largest absolute Gasteiger partial charge is 0.387 e. The number of aryl methyl sites for hydroxylation is 2. The van der Waals surface area contributed by atoms with E-state index in [2.05, 4.69) is 49.3 Å². The van der Waals surface area contributed by atoms with Gasteiger partial charge in [0.15, 0.2) is 0 Å². The lowest BCUT2D eigenvalue weighted by Crippen LogP contribution is -2.25. The molecule has 2 atom stereocenters. The van der Waals surface area contributed by atoms with E-state index in [1.54, 1.807) is 12.4 Å². The van der Waals surface area contributed by atoms with E-state index in [1.165, 1.54) is 16.7 Å². The van der Waals surface area contributed by atoms with Crippen molar-refractivity contribution in [2.75, 3.05) is 6.54 Å². The van der Waals surface area contributed by atoms with E-state index in [-0.39, 0.29) is 6.04 Å². The van der Waals surface area contributed by atoms with Gasteiger partial charge in [-0.05, 0) is 49.6 Å². The number of pyridine rings is 1. The van der Waals surface area contributed by atoms with Crippen LogP contribution in [0.4, 0.5) is 0 Å². The van der Waals surface area contributed by atoms with Crippen molar-refractivity contribution in [3.8, 4) is 0 Å². The van der Waals surface area contributed by atoms with Crippen LogP contribution in [0.2, 0.25) is 0 Å². The van der Waals surface area contributed by atoms with Gasteiger partial charge in [0.1, 0.15) is 0 Å². The summed E-state index contributed by atoms with van der Waals surface area (Å²) in [5.74, 6) is 0. The third-order valence-electron chi connectivity index (χ3n) is 3.61. The fraction of sp³-hybridized carbons (Fsp3) is 0.353. The molecule has 2 unspecified atom stereocenters. The monoisotopic (exact) mass is 270 g/mol. The number of hydrogen-bond donors (Lipinski definition) is 2. The Morgan fingerprint density at radius 2 is 1.85 bits per heavy atom. The minimum absolute atomic E-state index is 0.214. The predicted molar refractivity (Wildman–Crippen MR) is 81.5 cm³/mol. The van der Waals surface area contributed by atoms with Crippen molar-refractivity contribution >= 4 is 0 Å². The van der Waals surface area contributed by atoms with Crippen LogP contribution in [-0.4, -0.2) is 16.6 Å². The zero-order valence-corrected chi connectivity index (χ0v) is 12.3. The van der Waals surface area contributed by atoms with E-state index in [9.17, 15) is 5.11 Å². The van der Waals surface area contributed by atoms with Gasteiger partial charge in [0, 0.05) is 25.0 Å². The molecule has 3 nitrogen and oxygen atoms in total. The summed E-state index contributed by atoms with van der Waals surface area (Å²) in [7, 11) is 0. The second-order valence-corrected chi connectivity index (χ2v) is 5.29. The first-order valence-corrected chi connectivity index (χ1v) is 6.96. The topological polar surface area (TPSA) is 45.1 Å². The van der Waals surface area contributed by atoms with Gasteiger partial charge in [0.2, 0.25) is 0 Å². The Balaban J connectivity index is 1.98. The predicted octanol–water partition coefficient (Wildman–Crippen LogP) is 3.08. The molecule has 20 heavy (non-hydrogen) atoms. The normalized spacial score (nSPS) is 14.0. The lowest BCUT2D eigenvalue weighted by molar-refractivity contribution is 0.170. The van der Waals surface area contributed by atoms with E-state index in [0.29, 0.717) is 6.54 Å². The summed E-state index contributed by atoms with van der Waals surface area (Å²) in [5, 5.41) is 13.5. The van der Waals surface area contributed by atoms with Crippen LogP contribution in [0.3, 0.4) is 0 Å². The standard InChI is InChI=1S/C17H22N2O/c1-12-4-5-13(2)16(10-12)14(3)19-11-17(20)15-6-8-18-9-7-15/h4-10,14,17,19-20H,11H2,1-3H3. The van der Waals surface area contributed by atoms with E-state index in [0.717, 1.165) is 5.56 Å². The molecular weight excluding hydrogens is 248 g/mol. The average Bonchev–Trinajstić information content (AvgIpc) is 2.47. The van der Waals surface area contributed by atoms with Gasteiger partial charge in [-0.1, -0.05) is 23.8 Å². The summed E-state index contributed by atoms with van der Waals surface area (Å²) in [6.45, 7) is 6.87. The Morgan fingerprint density at radius 1 is 1.15 bits per heavy atom. The van der Waals surface area contributed by atoms with Crippen LogP contribution in [0.1, 0.15) is 41.3 Å². The number of benzene rings is 1. The molecule has 0 aliphatic carbocycles. The van der Waals surface area contributed by atoms with Crippen molar-refractivity contribution in [2.45, 2.75) is 32.9 Å². The highest BCUT2D eigenvalue weighted by molar-refractivity contribution is 5.32. The van der Waals surface area contributed by atoms with E-state index in [1.807, 2.05) is 12.1 Å². The van der Waals surface area contributed by atoms with Gasteiger partial charge in [0.05, 0.1) is 6.10 Å². The maximum Gasteiger partial charge on any atom is 0.0915 e. The molecule has 0 radical (unpaired) electrons. The Morgan fingerprint density at radius 3 is 2.55 bits per heavy atom. The third kappa shape index (κ3) is 3.65. The number of aliphatic hydroxyl groups excluding tert-OH is 1. The zero-order valence-electron chi connectivity index (χ0n) is 12.3. The molecular formula is C17H22N2O. The first kappa shape index (κ1) is 14.7. The van der Waals surface area contributed by atoms with Crippen LogP contribution in [0.25, 0.3) is 0 Å². The van der Waals surface area contributed by atoms with E-state index in [4.69, 9.17) is 0 Å². The molecule has 0 saturated carbocycles. The summed E-state index contributed by atoms with van der Waals surface area (Å²) < 4.78 is 0. The number of nitrogens with one attached hydrogen (secondary N) is 1. The minimum atomic E-state index is -0.509. The minimum Gasteiger partial charge on any atom is -0.387 e. The summed E-state index contributed by atoms with van der Waals surface area (Å²) in [4.78, 5) is 3.96. The Labute approximate surface area is 120 Å². The molecule has 2 aromatic rings. The Bertz CT molecular complexity index is 554. The summed E-state index contributed by atoms with van der Waals surface area (Å²) in [5.41, 5.74) is 4.70. The van der Waals surface area contributed by atoms with Crippen molar-refractivity contribution in [1.29, 1.82) is 0 Å². The highest BCUT2D eigenvalue weighted by Gasteiger charge is 2.12. The number of nitrogens with zero attached hydrogens (tertiary/aromatic N) is 1. The fourth-order valence-corrected chi connectivity index (χ4v) is 2.33. The van der Waals surface area contributed by atoms with Gasteiger partial charge in [-0.25, -0.2) is 0 Å². The average molecular weight is 270 g/mol. The van der Waals surface area contributed by atoms with Crippen molar-refractivity contribution in [1.82, 2.24) is 10.3 Å². The van der Waals surface area contributed by atoms with Gasteiger partial charge in [0.25, 0.3) is 0 Å². The lowest BCUT2D eigenvalue weighted by Gasteiger charge is -2.19. The van der Waals surface area contributed by atoms with Crippen LogP contribution in [0.15, 0.2) is 42.7 Å². The van der Waals surface area contributed by atoms with Crippen LogP contribution in [0.5, 0.6) is 0 Å². The summed E-state index contributed by atoms with van der Waals surface area (Å²) in [6, 6.07) is 10.4. The molecule has 0 fully saturated rings. The number of aliphatic hydroxyl groups is 1. The van der Waals surface area contributed by atoms with Gasteiger partial charge >= 0.3 is 0 Å². The quantitative estimate of drug-likeness (QED) is 0.877. The molecule has 3 heteroatoms. The van der Waals surface area contributed by atoms with Crippen LogP contribution in [-0.2, 0) is 0 Å². The first-order valence-electron chi connectivity index (χ1n) is 6.96. The lowest BCUT2D eigenvalue weighted by atomic mass is 9.99. The molecule has 1 aromatic heterocycles. The van der Waals surface area contributed by atoms with Crippen molar-refractivity contribution < 1.29 is 5.11 Å². The maximum absolute atomic E-state index is 10.1. The van der Waals surface area contributed by atoms with Gasteiger partial charge in [-0.3, -0.25) is 4.98 Å². The highest BCUT2D eigenvalue weighted by atomic mass is 16.3. The number of aromatic nitrogens is 1. The molecule has 0 aliphatic rings. The molecule has 0 saturated heterocycles. The Kier molecular flexibility index (Phi) is 4.88. The second kappa shape index (κ2) is 6.64. The van der Waals surface area contributed by atoms with Crippen LogP contribution >= 0.6 is 0 Å².